The van der Waals surface area contributed by atoms with Crippen molar-refractivity contribution in [3.05, 3.63) is 89.5 Å². The zero-order valence-corrected chi connectivity index (χ0v) is 27.1. The van der Waals surface area contributed by atoms with E-state index >= 15 is 0 Å². The molecule has 1 spiro atoms. The predicted molar refractivity (Wildman–Crippen MR) is 175 cm³/mol. The van der Waals surface area contributed by atoms with Crippen molar-refractivity contribution in [2.75, 3.05) is 23.8 Å². The number of fused-ring (bicyclic) bond motifs is 1. The summed E-state index contributed by atoms with van der Waals surface area (Å²) in [6.45, 7) is 9.85. The maximum atomic E-state index is 14.7. The van der Waals surface area contributed by atoms with Gasteiger partial charge in [-0.2, -0.15) is 0 Å². The highest BCUT2D eigenvalue weighted by Gasteiger charge is 2.80. The summed E-state index contributed by atoms with van der Waals surface area (Å²) >= 11 is 0. The number of amides is 3. The van der Waals surface area contributed by atoms with Gasteiger partial charge in [-0.05, 0) is 93.5 Å². The van der Waals surface area contributed by atoms with Crippen LogP contribution in [0.5, 0.6) is 5.75 Å². The number of hydrogen-bond acceptors (Lipinski definition) is 6. The zero-order chi connectivity index (χ0) is 32.8. The molecule has 3 aromatic carbocycles. The van der Waals surface area contributed by atoms with Gasteiger partial charge in [-0.3, -0.25) is 14.4 Å². The van der Waals surface area contributed by atoms with Gasteiger partial charge in [0.05, 0.1) is 36.7 Å². The molecule has 3 heterocycles. The van der Waals surface area contributed by atoms with Crippen LogP contribution in [0.1, 0.15) is 43.9 Å². The van der Waals surface area contributed by atoms with Gasteiger partial charge in [0.2, 0.25) is 17.7 Å². The second kappa shape index (κ2) is 12.2. The number of aliphatic hydroxyl groups excluding tert-OH is 1. The maximum Gasteiger partial charge on any atom is 0.250 e. The summed E-state index contributed by atoms with van der Waals surface area (Å²) in [5.74, 6) is -2.26. The molecule has 9 heteroatoms. The van der Waals surface area contributed by atoms with Crippen molar-refractivity contribution in [1.29, 1.82) is 0 Å². The van der Waals surface area contributed by atoms with Crippen molar-refractivity contribution in [2.24, 2.45) is 17.8 Å². The van der Waals surface area contributed by atoms with Crippen LogP contribution in [0.25, 0.3) is 0 Å². The molecule has 6 rings (SSSR count). The first-order chi connectivity index (χ1) is 22.0. The third-order valence-corrected chi connectivity index (χ3v) is 10.3. The van der Waals surface area contributed by atoms with E-state index in [2.05, 4.69) is 10.6 Å². The maximum absolute atomic E-state index is 14.7. The van der Waals surface area contributed by atoms with E-state index in [1.807, 2.05) is 83.1 Å². The van der Waals surface area contributed by atoms with Crippen LogP contribution >= 0.6 is 0 Å². The van der Waals surface area contributed by atoms with Crippen molar-refractivity contribution in [3.8, 4) is 5.75 Å². The lowest BCUT2D eigenvalue weighted by Crippen LogP contribution is -2.57. The molecule has 3 aliphatic heterocycles. The molecular weight excluding hydrogens is 582 g/mol. The zero-order valence-electron chi connectivity index (χ0n) is 27.1. The van der Waals surface area contributed by atoms with E-state index in [0.717, 1.165) is 16.7 Å². The summed E-state index contributed by atoms with van der Waals surface area (Å²) in [5, 5.41) is 16.9. The molecule has 3 aliphatic rings. The summed E-state index contributed by atoms with van der Waals surface area (Å²) in [4.78, 5) is 45.0. The Balaban J connectivity index is 1.40. The topological polar surface area (TPSA) is 117 Å². The molecule has 9 nitrogen and oxygen atoms in total. The van der Waals surface area contributed by atoms with Gasteiger partial charge in [0.15, 0.2) is 0 Å². The van der Waals surface area contributed by atoms with E-state index in [0.29, 0.717) is 36.6 Å². The first-order valence-corrected chi connectivity index (χ1v) is 16.1. The Morgan fingerprint density at radius 1 is 1.04 bits per heavy atom. The Hall–Kier alpha value is -4.21. The Morgan fingerprint density at radius 2 is 1.76 bits per heavy atom. The predicted octanol–water partition coefficient (Wildman–Crippen LogP) is 4.89. The molecule has 0 aliphatic carbocycles. The summed E-state index contributed by atoms with van der Waals surface area (Å²) in [6, 6.07) is 20.8. The van der Waals surface area contributed by atoms with Crippen LogP contribution in [0.15, 0.2) is 72.8 Å². The standard InChI is InChI=1S/C37H43N3O6/c1-6-45-28-16-14-26(15-17-28)38-33(42)30-31-35(44)40(27(21-41)19-25-10-8-7-9-11-25)32(37(31)20-24(4)36(30,5)46-37)34(43)39-29-18-22(2)12-13-23(29)3/h7-18,24,27,30-32,41H,6,19-21H2,1-5H3,(H,38,42)(H,39,43)/t24?,27-,30+,31+,32?,36-,37?/m1/s1. The van der Waals surface area contributed by atoms with E-state index < -0.39 is 35.1 Å². The monoisotopic (exact) mass is 625 g/mol. The lowest BCUT2D eigenvalue weighted by molar-refractivity contribution is -0.147. The number of ether oxygens (including phenoxy) is 2. The van der Waals surface area contributed by atoms with Crippen LogP contribution in [0.4, 0.5) is 11.4 Å². The summed E-state index contributed by atoms with van der Waals surface area (Å²) in [5.41, 5.74) is 1.79. The molecule has 46 heavy (non-hydrogen) atoms. The van der Waals surface area contributed by atoms with Gasteiger partial charge in [-0.15, -0.1) is 0 Å². The van der Waals surface area contributed by atoms with E-state index in [1.54, 1.807) is 24.3 Å². The number of benzene rings is 3. The number of nitrogens with one attached hydrogen (secondary N) is 2. The largest absolute Gasteiger partial charge is 0.494 e. The van der Waals surface area contributed by atoms with E-state index in [9.17, 15) is 19.5 Å². The minimum absolute atomic E-state index is 0.120. The van der Waals surface area contributed by atoms with Crippen LogP contribution in [-0.4, -0.2) is 64.2 Å². The highest BCUT2D eigenvalue weighted by atomic mass is 16.5. The smallest absolute Gasteiger partial charge is 0.250 e. The van der Waals surface area contributed by atoms with Crippen molar-refractivity contribution < 1.29 is 29.0 Å². The van der Waals surface area contributed by atoms with Gasteiger partial charge in [-0.1, -0.05) is 49.4 Å². The van der Waals surface area contributed by atoms with Crippen LogP contribution in [-0.2, 0) is 25.5 Å². The van der Waals surface area contributed by atoms with Gasteiger partial charge in [0.25, 0.3) is 0 Å². The molecule has 2 bridgehead atoms. The molecule has 3 unspecified atom stereocenters. The quantitative estimate of drug-likeness (QED) is 0.295. The molecule has 0 aromatic heterocycles. The molecule has 0 saturated carbocycles. The number of rotatable bonds is 10. The fraction of sp³-hybridized carbons (Fsp3) is 0.432. The second-order valence-corrected chi connectivity index (χ2v) is 13.2. The van der Waals surface area contributed by atoms with Crippen LogP contribution < -0.4 is 15.4 Å². The Labute approximate surface area is 270 Å². The number of nitrogens with zero attached hydrogens (tertiary/aromatic N) is 1. The molecule has 3 aromatic rings. The van der Waals surface area contributed by atoms with Crippen molar-refractivity contribution in [2.45, 2.75) is 70.7 Å². The van der Waals surface area contributed by atoms with E-state index in [-0.39, 0.29) is 30.2 Å². The van der Waals surface area contributed by atoms with E-state index in [4.69, 9.17) is 9.47 Å². The summed E-state index contributed by atoms with van der Waals surface area (Å²) in [7, 11) is 0. The molecule has 0 radical (unpaired) electrons. The van der Waals surface area contributed by atoms with E-state index in [1.165, 1.54) is 4.90 Å². The van der Waals surface area contributed by atoms with Crippen molar-refractivity contribution >= 4 is 29.1 Å². The van der Waals surface area contributed by atoms with Gasteiger partial charge in [0, 0.05) is 11.4 Å². The minimum atomic E-state index is -1.25. The van der Waals surface area contributed by atoms with Crippen molar-refractivity contribution in [3.63, 3.8) is 0 Å². The number of hydrogen-bond donors (Lipinski definition) is 3. The lowest BCUT2D eigenvalue weighted by Gasteiger charge is -2.37. The molecule has 3 fully saturated rings. The van der Waals surface area contributed by atoms with Gasteiger partial charge < -0.3 is 30.1 Å². The minimum Gasteiger partial charge on any atom is -0.494 e. The molecule has 3 amide bonds. The Bertz CT molecular complexity index is 1630. The number of carbonyl (C=O) groups excluding carboxylic acids is 3. The number of carbonyl (C=O) groups is 3. The van der Waals surface area contributed by atoms with Crippen LogP contribution in [0.3, 0.4) is 0 Å². The molecule has 7 atom stereocenters. The average Bonchev–Trinajstić information content (AvgIpc) is 3.55. The summed E-state index contributed by atoms with van der Waals surface area (Å²) < 4.78 is 12.4. The highest BCUT2D eigenvalue weighted by Crippen LogP contribution is 2.65. The normalized spacial score (nSPS) is 28.6. The van der Waals surface area contributed by atoms with Gasteiger partial charge in [-0.25, -0.2) is 0 Å². The number of aliphatic hydroxyl groups is 1. The number of aryl methyl sites for hydroxylation is 2. The van der Waals surface area contributed by atoms with Crippen LogP contribution in [0, 0.1) is 31.6 Å². The first kappa shape index (κ1) is 31.8. The fourth-order valence-corrected chi connectivity index (χ4v) is 8.00. The summed E-state index contributed by atoms with van der Waals surface area (Å²) in [6.07, 6.45) is 0.770. The van der Waals surface area contributed by atoms with Gasteiger partial charge in [0.1, 0.15) is 17.4 Å². The molecule has 3 saturated heterocycles. The highest BCUT2D eigenvalue weighted by molar-refractivity contribution is 6.05. The molecular formula is C37H43N3O6. The number of anilines is 2. The average molecular weight is 626 g/mol. The molecule has 3 N–H and O–H groups in total. The third-order valence-electron chi connectivity index (χ3n) is 10.3. The lowest BCUT2D eigenvalue weighted by atomic mass is 9.62. The molecule has 242 valence electrons. The van der Waals surface area contributed by atoms with Crippen LogP contribution in [0.2, 0.25) is 0 Å². The second-order valence-electron chi connectivity index (χ2n) is 13.2. The SMILES string of the molecule is CCOc1ccc(NC(=O)[C@@H]2[C@H]3C(=O)N([C@@H](CO)Cc4ccccc4)C(C(=O)Nc4cc(C)ccc4C)C34CC(C)[C@@]2(C)O4)cc1. The van der Waals surface area contributed by atoms with Crippen molar-refractivity contribution in [1.82, 2.24) is 4.90 Å². The Morgan fingerprint density at radius 3 is 2.43 bits per heavy atom. The fourth-order valence-electron chi connectivity index (χ4n) is 8.00. The Kier molecular flexibility index (Phi) is 8.42. The number of likely N-dealkylation sites (tertiary alicyclic amines) is 1. The first-order valence-electron chi connectivity index (χ1n) is 16.1. The third kappa shape index (κ3) is 5.25. The van der Waals surface area contributed by atoms with Gasteiger partial charge >= 0.3 is 0 Å².